The normalized spacial score (nSPS) is 10.9. The second-order valence-electron chi connectivity index (χ2n) is 5.73. The molecule has 24 heavy (non-hydrogen) atoms. The molecule has 3 heterocycles. The van der Waals surface area contributed by atoms with Crippen LogP contribution in [0.3, 0.4) is 0 Å². The molecule has 3 aromatic rings. The number of H-pyrrole nitrogens is 1. The third-order valence-corrected chi connectivity index (χ3v) is 3.84. The Morgan fingerprint density at radius 2 is 2.00 bits per heavy atom. The number of rotatable bonds is 7. The monoisotopic (exact) mass is 323 g/mol. The van der Waals surface area contributed by atoms with Crippen LogP contribution in [0.1, 0.15) is 38.3 Å². The van der Waals surface area contributed by atoms with Gasteiger partial charge in [-0.1, -0.05) is 32.3 Å². The van der Waals surface area contributed by atoms with E-state index in [1.165, 1.54) is 25.3 Å². The first-order valence-electron chi connectivity index (χ1n) is 8.34. The van der Waals surface area contributed by atoms with E-state index in [1.807, 2.05) is 18.2 Å². The summed E-state index contributed by atoms with van der Waals surface area (Å²) >= 11 is 0. The molecular weight excluding hydrogens is 302 g/mol. The van der Waals surface area contributed by atoms with Crippen molar-refractivity contribution in [2.75, 3.05) is 5.32 Å². The molecule has 0 amide bonds. The van der Waals surface area contributed by atoms with Crippen molar-refractivity contribution in [3.05, 3.63) is 52.6 Å². The van der Waals surface area contributed by atoms with E-state index in [1.54, 1.807) is 12.3 Å². The van der Waals surface area contributed by atoms with Crippen LogP contribution < -0.4 is 10.9 Å². The molecular formula is C18H21N5O. The van der Waals surface area contributed by atoms with E-state index < -0.39 is 0 Å². The van der Waals surface area contributed by atoms with Gasteiger partial charge in [0.05, 0.1) is 5.69 Å². The number of aryl methyl sites for hydroxylation is 1. The van der Waals surface area contributed by atoms with E-state index in [0.717, 1.165) is 23.9 Å². The van der Waals surface area contributed by atoms with Crippen LogP contribution >= 0.6 is 0 Å². The van der Waals surface area contributed by atoms with Crippen LogP contribution in [0.25, 0.3) is 11.0 Å². The minimum absolute atomic E-state index is 0.165. The highest BCUT2D eigenvalue weighted by Gasteiger charge is 2.09. The summed E-state index contributed by atoms with van der Waals surface area (Å²) < 4.78 is 0. The van der Waals surface area contributed by atoms with Crippen molar-refractivity contribution in [3.8, 4) is 0 Å². The highest BCUT2D eigenvalue weighted by atomic mass is 16.1. The lowest BCUT2D eigenvalue weighted by molar-refractivity contribution is 0.662. The van der Waals surface area contributed by atoms with E-state index in [4.69, 9.17) is 0 Å². The third kappa shape index (κ3) is 3.95. The first kappa shape index (κ1) is 16.1. The summed E-state index contributed by atoms with van der Waals surface area (Å²) in [4.78, 5) is 27.7. The maximum atomic E-state index is 11.6. The van der Waals surface area contributed by atoms with Gasteiger partial charge in [-0.15, -0.1) is 0 Å². The molecule has 0 aromatic carbocycles. The Bertz CT molecular complexity index is 860. The molecule has 0 atom stereocenters. The molecule has 6 nitrogen and oxygen atoms in total. The minimum atomic E-state index is -0.165. The molecule has 0 spiro atoms. The van der Waals surface area contributed by atoms with Crippen molar-refractivity contribution < 1.29 is 0 Å². The summed E-state index contributed by atoms with van der Waals surface area (Å²) in [7, 11) is 0. The Labute approximate surface area is 140 Å². The first-order valence-corrected chi connectivity index (χ1v) is 8.34. The van der Waals surface area contributed by atoms with Crippen LogP contribution in [0, 0.1) is 0 Å². The highest BCUT2D eigenvalue weighted by Crippen LogP contribution is 2.19. The van der Waals surface area contributed by atoms with E-state index in [0.29, 0.717) is 17.4 Å². The number of nitrogens with zero attached hydrogens (tertiary/aromatic N) is 3. The van der Waals surface area contributed by atoms with Gasteiger partial charge in [-0.3, -0.25) is 4.79 Å². The number of unbranched alkanes of at least 4 members (excludes halogenated alkanes) is 3. The summed E-state index contributed by atoms with van der Waals surface area (Å²) in [6, 6.07) is 8.91. The lowest BCUT2D eigenvalue weighted by Gasteiger charge is -2.09. The SMILES string of the molecule is CCCCCCc1nc(Nc2ccccn2)nc2[nH]c(=O)ccc12. The Morgan fingerprint density at radius 1 is 1.08 bits per heavy atom. The van der Waals surface area contributed by atoms with Crippen molar-refractivity contribution >= 4 is 22.8 Å². The average molecular weight is 323 g/mol. The summed E-state index contributed by atoms with van der Waals surface area (Å²) in [6.07, 6.45) is 7.23. The van der Waals surface area contributed by atoms with Gasteiger partial charge in [0, 0.05) is 17.6 Å². The molecule has 0 aliphatic carbocycles. The standard InChI is InChI=1S/C18H21N5O/c1-2-3-4-5-8-14-13-10-11-16(24)22-17(13)23-18(20-14)21-15-9-6-7-12-19-15/h6-7,9-12H,2-5,8H2,1H3,(H2,19,20,21,22,23,24). The molecule has 6 heteroatoms. The van der Waals surface area contributed by atoms with Gasteiger partial charge in [0.25, 0.3) is 0 Å². The fourth-order valence-electron chi connectivity index (χ4n) is 2.62. The lowest BCUT2D eigenvalue weighted by atomic mass is 10.1. The highest BCUT2D eigenvalue weighted by molar-refractivity contribution is 5.78. The van der Waals surface area contributed by atoms with Crippen molar-refractivity contribution in [2.24, 2.45) is 0 Å². The maximum absolute atomic E-state index is 11.6. The summed E-state index contributed by atoms with van der Waals surface area (Å²) in [6.45, 7) is 2.19. The molecule has 0 aliphatic rings. The van der Waals surface area contributed by atoms with E-state index in [9.17, 15) is 4.79 Å². The molecule has 0 fully saturated rings. The number of aromatic nitrogens is 4. The number of pyridine rings is 2. The van der Waals surface area contributed by atoms with Gasteiger partial charge in [0.1, 0.15) is 11.5 Å². The largest absolute Gasteiger partial charge is 0.309 e. The zero-order valence-corrected chi connectivity index (χ0v) is 13.7. The summed E-state index contributed by atoms with van der Waals surface area (Å²) in [5.41, 5.74) is 1.34. The molecule has 0 radical (unpaired) electrons. The van der Waals surface area contributed by atoms with Crippen molar-refractivity contribution in [1.82, 2.24) is 19.9 Å². The van der Waals surface area contributed by atoms with Gasteiger partial charge in [0.2, 0.25) is 11.5 Å². The van der Waals surface area contributed by atoms with Crippen LogP contribution in [-0.2, 0) is 6.42 Å². The molecule has 0 saturated carbocycles. The quantitative estimate of drug-likeness (QED) is 0.649. The predicted octanol–water partition coefficient (Wildman–Crippen LogP) is 3.58. The first-order chi connectivity index (χ1) is 11.8. The van der Waals surface area contributed by atoms with Crippen LogP contribution in [0.15, 0.2) is 41.3 Å². The molecule has 124 valence electrons. The smallest absolute Gasteiger partial charge is 0.249 e. The molecule has 0 bridgehead atoms. The van der Waals surface area contributed by atoms with Crippen LogP contribution in [0.5, 0.6) is 0 Å². The van der Waals surface area contributed by atoms with E-state index in [2.05, 4.69) is 32.2 Å². The molecule has 3 rings (SSSR count). The number of anilines is 2. The Balaban J connectivity index is 1.92. The fraction of sp³-hybridized carbons (Fsp3) is 0.333. The summed E-state index contributed by atoms with van der Waals surface area (Å²) in [5, 5.41) is 4.00. The Kier molecular flexibility index (Phi) is 5.15. The van der Waals surface area contributed by atoms with Crippen molar-refractivity contribution in [3.63, 3.8) is 0 Å². The lowest BCUT2D eigenvalue weighted by Crippen LogP contribution is -2.09. The van der Waals surface area contributed by atoms with E-state index in [-0.39, 0.29) is 5.56 Å². The summed E-state index contributed by atoms with van der Waals surface area (Å²) in [5.74, 6) is 1.13. The van der Waals surface area contributed by atoms with Gasteiger partial charge in [-0.2, -0.15) is 4.98 Å². The maximum Gasteiger partial charge on any atom is 0.249 e. The Morgan fingerprint density at radius 3 is 2.79 bits per heavy atom. The molecule has 0 aliphatic heterocycles. The zero-order valence-electron chi connectivity index (χ0n) is 13.7. The number of nitrogens with one attached hydrogen (secondary N) is 2. The van der Waals surface area contributed by atoms with Crippen LogP contribution in [0.4, 0.5) is 11.8 Å². The fourth-order valence-corrected chi connectivity index (χ4v) is 2.62. The van der Waals surface area contributed by atoms with Gasteiger partial charge in [-0.05, 0) is 31.0 Å². The average Bonchev–Trinajstić information content (AvgIpc) is 2.59. The van der Waals surface area contributed by atoms with Crippen LogP contribution in [0.2, 0.25) is 0 Å². The number of hydrogen-bond acceptors (Lipinski definition) is 5. The van der Waals surface area contributed by atoms with Crippen molar-refractivity contribution in [1.29, 1.82) is 0 Å². The zero-order chi connectivity index (χ0) is 16.8. The van der Waals surface area contributed by atoms with Gasteiger partial charge in [-0.25, -0.2) is 9.97 Å². The third-order valence-electron chi connectivity index (χ3n) is 3.84. The second kappa shape index (κ2) is 7.68. The van der Waals surface area contributed by atoms with Gasteiger partial charge in [0.15, 0.2) is 0 Å². The molecule has 0 unspecified atom stereocenters. The number of hydrogen-bond donors (Lipinski definition) is 2. The molecule has 3 aromatic heterocycles. The predicted molar refractivity (Wildman–Crippen MR) is 95.5 cm³/mol. The minimum Gasteiger partial charge on any atom is -0.309 e. The van der Waals surface area contributed by atoms with Crippen LogP contribution in [-0.4, -0.2) is 19.9 Å². The molecule has 0 saturated heterocycles. The van der Waals surface area contributed by atoms with Gasteiger partial charge >= 0.3 is 0 Å². The number of aromatic amines is 1. The number of fused-ring (bicyclic) bond motifs is 1. The Hall–Kier alpha value is -2.76. The van der Waals surface area contributed by atoms with E-state index >= 15 is 0 Å². The van der Waals surface area contributed by atoms with Crippen molar-refractivity contribution in [2.45, 2.75) is 39.0 Å². The van der Waals surface area contributed by atoms with Gasteiger partial charge < -0.3 is 10.3 Å². The molecule has 2 N–H and O–H groups in total. The topological polar surface area (TPSA) is 83.6 Å². The second-order valence-corrected chi connectivity index (χ2v) is 5.73.